The topological polar surface area (TPSA) is 41.6 Å². The molecule has 1 N–H and O–H groups in total. The smallest absolute Gasteiger partial charge is 0.411 e. The number of nitrogens with one attached hydrogen (secondary N) is 1. The van der Waals surface area contributed by atoms with Crippen LogP contribution in [0.1, 0.15) is 32.1 Å². The minimum atomic E-state index is -1.13. The number of amides is 1. The van der Waals surface area contributed by atoms with Gasteiger partial charge in [-0.05, 0) is 31.0 Å². The number of rotatable bonds is 7. The standard InChI is InChI=1S/C19H23Cl5N2O2.ClH/c1-2-10-26(19(27)28-18(24)17(22)23)16-7-5-3-4-6-15(16)25-12-8-9-13(20)14(21)11-12;/h2,8-9,11,15-18,25H,1,3-7,10H2;1H. The van der Waals surface area contributed by atoms with E-state index in [1.54, 1.807) is 23.1 Å². The number of nitrogens with zero attached hydrogens (tertiary/aromatic N) is 1. The molecule has 1 saturated carbocycles. The molecule has 3 atom stereocenters. The van der Waals surface area contributed by atoms with E-state index in [-0.39, 0.29) is 24.5 Å². The predicted octanol–water partition coefficient (Wildman–Crippen LogP) is 7.52. The van der Waals surface area contributed by atoms with Crippen LogP contribution in [0.15, 0.2) is 30.9 Å². The van der Waals surface area contributed by atoms with Gasteiger partial charge in [-0.15, -0.1) is 19.0 Å². The van der Waals surface area contributed by atoms with Gasteiger partial charge in [0.1, 0.15) is 0 Å². The predicted molar refractivity (Wildman–Crippen MR) is 127 cm³/mol. The summed E-state index contributed by atoms with van der Waals surface area (Å²) < 4.78 is 5.23. The van der Waals surface area contributed by atoms with Crippen LogP contribution in [0.5, 0.6) is 0 Å². The first-order valence-corrected chi connectivity index (χ1v) is 11.1. The molecule has 4 nitrogen and oxygen atoms in total. The minimum absolute atomic E-state index is 0. The Morgan fingerprint density at radius 3 is 2.52 bits per heavy atom. The third-order valence-corrected chi connectivity index (χ3v) is 6.42. The summed E-state index contributed by atoms with van der Waals surface area (Å²) in [5.74, 6) is 0. The number of anilines is 1. The summed E-state index contributed by atoms with van der Waals surface area (Å²) in [4.78, 5) is 13.4. The van der Waals surface area contributed by atoms with E-state index in [4.69, 9.17) is 62.7 Å². The van der Waals surface area contributed by atoms with Crippen molar-refractivity contribution in [3.63, 3.8) is 0 Å². The lowest BCUT2D eigenvalue weighted by molar-refractivity contribution is 0.0781. The quantitative estimate of drug-likeness (QED) is 0.228. The maximum absolute atomic E-state index is 12.7. The second-order valence-electron chi connectivity index (χ2n) is 6.60. The molecule has 1 aliphatic carbocycles. The average Bonchev–Trinajstić information content (AvgIpc) is 2.88. The molecule has 0 aromatic heterocycles. The van der Waals surface area contributed by atoms with Crippen LogP contribution >= 0.6 is 70.4 Å². The Balaban J connectivity index is 0.00000420. The summed E-state index contributed by atoms with van der Waals surface area (Å²) in [6.45, 7) is 4.08. The van der Waals surface area contributed by atoms with Crippen molar-refractivity contribution >= 4 is 82.2 Å². The lowest BCUT2D eigenvalue weighted by Gasteiger charge is -2.36. The van der Waals surface area contributed by atoms with Crippen molar-refractivity contribution in [2.75, 3.05) is 11.9 Å². The van der Waals surface area contributed by atoms with Crippen LogP contribution in [-0.2, 0) is 4.74 Å². The molecule has 0 bridgehead atoms. The van der Waals surface area contributed by atoms with Gasteiger partial charge in [0.2, 0.25) is 5.56 Å². The van der Waals surface area contributed by atoms with E-state index in [0.29, 0.717) is 16.6 Å². The van der Waals surface area contributed by atoms with Gasteiger partial charge < -0.3 is 10.1 Å². The SMILES string of the molecule is C=CCN(C(=O)OC(Cl)C(Cl)Cl)C1CCCCCC1Nc1ccc(Cl)c(Cl)c1.Cl. The molecular weight excluding hydrogens is 501 g/mol. The molecule has 1 aromatic rings. The zero-order chi connectivity index (χ0) is 20.7. The van der Waals surface area contributed by atoms with Gasteiger partial charge >= 0.3 is 6.09 Å². The summed E-state index contributed by atoms with van der Waals surface area (Å²) in [5.41, 5.74) is -0.287. The number of carbonyl (C=O) groups excluding carboxylic acids is 1. The molecule has 0 saturated heterocycles. The number of carbonyl (C=O) groups is 1. The highest BCUT2D eigenvalue weighted by Gasteiger charge is 2.34. The number of hydrogen-bond donors (Lipinski definition) is 1. The molecule has 29 heavy (non-hydrogen) atoms. The second kappa shape index (κ2) is 13.2. The number of benzene rings is 1. The van der Waals surface area contributed by atoms with Gasteiger partial charge in [0, 0.05) is 18.3 Å². The third kappa shape index (κ3) is 8.08. The van der Waals surface area contributed by atoms with Crippen molar-refractivity contribution in [3.8, 4) is 0 Å². The van der Waals surface area contributed by atoms with Crippen LogP contribution in [0.25, 0.3) is 0 Å². The summed E-state index contributed by atoms with van der Waals surface area (Å²) in [5, 5.41) is 4.46. The average molecular weight is 525 g/mol. The highest BCUT2D eigenvalue weighted by molar-refractivity contribution is 6.48. The molecular formula is C19H24Cl6N2O2. The fraction of sp³-hybridized carbons (Fsp3) is 0.526. The molecule has 1 fully saturated rings. The first-order chi connectivity index (χ1) is 13.3. The number of alkyl halides is 3. The number of hydrogen-bond acceptors (Lipinski definition) is 3. The first kappa shape index (κ1) is 26.8. The van der Waals surface area contributed by atoms with E-state index in [0.717, 1.165) is 37.8 Å². The van der Waals surface area contributed by atoms with Gasteiger partial charge in [-0.1, -0.05) is 83.3 Å². The summed E-state index contributed by atoms with van der Waals surface area (Å²) in [7, 11) is 0. The molecule has 164 valence electrons. The van der Waals surface area contributed by atoms with Gasteiger partial charge in [-0.25, -0.2) is 4.79 Å². The normalized spacial score (nSPS) is 20.2. The van der Waals surface area contributed by atoms with Crippen LogP contribution in [0.2, 0.25) is 10.0 Å². The number of ether oxygens (including phenoxy) is 1. The monoisotopic (exact) mass is 522 g/mol. The fourth-order valence-electron chi connectivity index (χ4n) is 3.33. The van der Waals surface area contributed by atoms with E-state index in [9.17, 15) is 4.79 Å². The van der Waals surface area contributed by atoms with Crippen LogP contribution in [0.3, 0.4) is 0 Å². The Labute approximate surface area is 203 Å². The van der Waals surface area contributed by atoms with Gasteiger partial charge in [0.25, 0.3) is 0 Å². The van der Waals surface area contributed by atoms with Crippen molar-refractivity contribution in [1.29, 1.82) is 0 Å². The van der Waals surface area contributed by atoms with Gasteiger partial charge in [-0.2, -0.15) is 0 Å². The molecule has 2 rings (SSSR count). The van der Waals surface area contributed by atoms with E-state index < -0.39 is 16.5 Å². The molecule has 0 heterocycles. The lowest BCUT2D eigenvalue weighted by atomic mass is 10.0. The zero-order valence-electron chi connectivity index (χ0n) is 15.6. The Kier molecular flexibility index (Phi) is 12.2. The van der Waals surface area contributed by atoms with E-state index in [1.807, 2.05) is 6.07 Å². The Morgan fingerprint density at radius 2 is 1.90 bits per heavy atom. The molecule has 1 aromatic carbocycles. The molecule has 1 aliphatic rings. The van der Waals surface area contributed by atoms with Gasteiger partial charge in [-0.3, -0.25) is 4.90 Å². The van der Waals surface area contributed by atoms with Crippen LogP contribution in [0.4, 0.5) is 10.5 Å². The van der Waals surface area contributed by atoms with E-state index in [2.05, 4.69) is 11.9 Å². The third-order valence-electron chi connectivity index (χ3n) is 4.62. The van der Waals surface area contributed by atoms with Crippen molar-refractivity contribution in [1.82, 2.24) is 4.90 Å². The largest absolute Gasteiger partial charge is 0.427 e. The molecule has 0 radical (unpaired) electrons. The summed E-state index contributed by atoms with van der Waals surface area (Å²) in [6.07, 6.45) is 5.95. The van der Waals surface area contributed by atoms with Crippen molar-refractivity contribution in [2.24, 2.45) is 0 Å². The van der Waals surface area contributed by atoms with E-state index >= 15 is 0 Å². The minimum Gasteiger partial charge on any atom is -0.427 e. The van der Waals surface area contributed by atoms with Crippen LogP contribution < -0.4 is 5.32 Å². The van der Waals surface area contributed by atoms with Crippen molar-refractivity contribution in [2.45, 2.75) is 54.6 Å². The Morgan fingerprint density at radius 1 is 1.21 bits per heavy atom. The molecule has 3 unspecified atom stereocenters. The Hall–Kier alpha value is -0.230. The van der Waals surface area contributed by atoms with Crippen molar-refractivity contribution < 1.29 is 9.53 Å². The van der Waals surface area contributed by atoms with Gasteiger partial charge in [0.05, 0.1) is 16.1 Å². The molecule has 0 spiro atoms. The highest BCUT2D eigenvalue weighted by Crippen LogP contribution is 2.30. The van der Waals surface area contributed by atoms with Gasteiger partial charge in [0.15, 0.2) is 4.84 Å². The maximum Gasteiger partial charge on any atom is 0.411 e. The maximum atomic E-state index is 12.7. The van der Waals surface area contributed by atoms with Crippen LogP contribution in [0, 0.1) is 0 Å². The summed E-state index contributed by atoms with van der Waals surface area (Å²) in [6, 6.07) is 5.28. The summed E-state index contributed by atoms with van der Waals surface area (Å²) >= 11 is 29.5. The fourth-order valence-corrected chi connectivity index (χ4v) is 3.81. The zero-order valence-corrected chi connectivity index (χ0v) is 20.2. The molecule has 10 heteroatoms. The molecule has 0 aliphatic heterocycles. The van der Waals surface area contributed by atoms with E-state index in [1.165, 1.54) is 0 Å². The first-order valence-electron chi connectivity index (χ1n) is 9.05. The van der Waals surface area contributed by atoms with Crippen molar-refractivity contribution in [3.05, 3.63) is 40.9 Å². The second-order valence-corrected chi connectivity index (χ2v) is 9.00. The molecule has 1 amide bonds. The Bertz CT molecular complexity index is 676. The lowest BCUT2D eigenvalue weighted by Crippen LogP contribution is -2.50. The van der Waals surface area contributed by atoms with Crippen LogP contribution in [-0.4, -0.2) is 40.0 Å². The highest BCUT2D eigenvalue weighted by atomic mass is 35.5. The number of halogens is 6.